The van der Waals surface area contributed by atoms with Crippen molar-refractivity contribution in [1.82, 2.24) is 5.32 Å². The van der Waals surface area contributed by atoms with Gasteiger partial charge < -0.3 is 30.3 Å². The quantitative estimate of drug-likeness (QED) is 0.250. The number of ketones is 3. The first-order valence-corrected chi connectivity index (χ1v) is 12.4. The molecule has 2 atom stereocenters. The number of Topliss-reactive ketones (excluding diaryl/α,β-unsaturated/α-hetero) is 2. The molecule has 0 saturated heterocycles. The summed E-state index contributed by atoms with van der Waals surface area (Å²) in [5.74, 6) is -2.66. The summed E-state index contributed by atoms with van der Waals surface area (Å²) in [5.41, 5.74) is 0.0266. The monoisotopic (exact) mass is 532 g/mol. The van der Waals surface area contributed by atoms with E-state index in [9.17, 15) is 29.4 Å². The van der Waals surface area contributed by atoms with Gasteiger partial charge in [-0.1, -0.05) is 0 Å². The number of ether oxygens (including phenoxy) is 2. The summed E-state index contributed by atoms with van der Waals surface area (Å²) >= 11 is 0. The second-order valence-electron chi connectivity index (χ2n) is 10.1. The van der Waals surface area contributed by atoms with Gasteiger partial charge in [0.25, 0.3) is 0 Å². The zero-order chi connectivity index (χ0) is 28.4. The SMILES string of the molecule is COc1ccc2c(c1)[C@@H](CCN/C(C)=C1\C(=O)C=C3Oc4c(C(C)=O)c(O)c(C)c(O)c4[C@@]3(C)C1=O)C(=O)N2. The predicted octanol–water partition coefficient (Wildman–Crippen LogP) is 3.29. The van der Waals surface area contributed by atoms with E-state index in [0.717, 1.165) is 11.3 Å². The number of hydrogen-bond donors (Lipinski definition) is 4. The molecule has 0 fully saturated rings. The molecule has 2 aromatic rings. The zero-order valence-electron chi connectivity index (χ0n) is 22.1. The highest BCUT2D eigenvalue weighted by molar-refractivity contribution is 6.31. The van der Waals surface area contributed by atoms with E-state index in [0.29, 0.717) is 17.9 Å². The predicted molar refractivity (Wildman–Crippen MR) is 140 cm³/mol. The average molecular weight is 533 g/mol. The molecule has 202 valence electrons. The number of benzene rings is 2. The molecule has 0 bridgehead atoms. The van der Waals surface area contributed by atoms with Gasteiger partial charge in [-0.2, -0.15) is 0 Å². The van der Waals surface area contributed by atoms with Gasteiger partial charge in [-0.3, -0.25) is 19.2 Å². The van der Waals surface area contributed by atoms with Gasteiger partial charge in [0, 0.05) is 29.6 Å². The highest BCUT2D eigenvalue weighted by Crippen LogP contribution is 2.57. The van der Waals surface area contributed by atoms with Gasteiger partial charge in [0.05, 0.1) is 24.2 Å². The molecule has 39 heavy (non-hydrogen) atoms. The molecule has 0 unspecified atom stereocenters. The van der Waals surface area contributed by atoms with E-state index < -0.39 is 34.4 Å². The zero-order valence-corrected chi connectivity index (χ0v) is 22.1. The van der Waals surface area contributed by atoms with Crippen molar-refractivity contribution in [1.29, 1.82) is 0 Å². The molecule has 0 aromatic heterocycles. The molecule has 0 radical (unpaired) electrons. The Bertz CT molecular complexity index is 1570. The van der Waals surface area contributed by atoms with Gasteiger partial charge in [-0.05, 0) is 57.9 Å². The molecular weight excluding hydrogens is 504 g/mol. The van der Waals surface area contributed by atoms with Crippen LogP contribution in [0.3, 0.4) is 0 Å². The third-order valence-electron chi connectivity index (χ3n) is 7.79. The molecule has 1 amide bonds. The Hall–Kier alpha value is -4.60. The normalized spacial score (nSPS) is 22.3. The van der Waals surface area contributed by atoms with Crippen LogP contribution in [0.1, 0.15) is 60.2 Å². The summed E-state index contributed by atoms with van der Waals surface area (Å²) in [6, 6.07) is 5.36. The number of methoxy groups -OCH3 is 1. The Morgan fingerprint density at radius 1 is 1.18 bits per heavy atom. The van der Waals surface area contributed by atoms with Crippen LogP contribution < -0.4 is 20.1 Å². The average Bonchev–Trinajstić information content (AvgIpc) is 3.35. The van der Waals surface area contributed by atoms with Crippen molar-refractivity contribution in [2.45, 2.75) is 45.4 Å². The number of carbonyl (C=O) groups is 4. The molecule has 2 aliphatic heterocycles. The first kappa shape index (κ1) is 26.0. The second kappa shape index (κ2) is 9.00. The lowest BCUT2D eigenvalue weighted by Crippen LogP contribution is -2.41. The number of allylic oxidation sites excluding steroid dienone is 4. The van der Waals surface area contributed by atoms with Crippen LogP contribution in [0.5, 0.6) is 23.0 Å². The third-order valence-corrected chi connectivity index (χ3v) is 7.79. The highest BCUT2D eigenvalue weighted by Gasteiger charge is 2.56. The van der Waals surface area contributed by atoms with Crippen LogP contribution >= 0.6 is 0 Å². The lowest BCUT2D eigenvalue weighted by molar-refractivity contribution is -0.123. The number of anilines is 1. The molecule has 5 rings (SSSR count). The molecule has 2 aromatic carbocycles. The largest absolute Gasteiger partial charge is 0.507 e. The smallest absolute Gasteiger partial charge is 0.232 e. The van der Waals surface area contributed by atoms with Crippen molar-refractivity contribution in [3.8, 4) is 23.0 Å². The van der Waals surface area contributed by atoms with Crippen LogP contribution in [-0.2, 0) is 19.8 Å². The minimum atomic E-state index is -1.59. The standard InChI is InChI=1S/C29H28N2O8/c1-12-24(34)22(14(3)32)26-23(25(12)35)29(4)20(39-26)11-19(33)21(27(29)36)13(2)30-9-8-16-17-10-15(38-5)6-7-18(17)31-28(16)37/h6-7,10-11,16,30,34-35H,8-9H2,1-5H3,(H,31,37)/b21-13+/t16-,29+/m1/s1. The summed E-state index contributed by atoms with van der Waals surface area (Å²) < 4.78 is 11.1. The van der Waals surface area contributed by atoms with E-state index in [1.807, 2.05) is 6.07 Å². The maximum absolute atomic E-state index is 13.9. The van der Waals surface area contributed by atoms with Crippen molar-refractivity contribution in [2.75, 3.05) is 19.0 Å². The number of amides is 1. The summed E-state index contributed by atoms with van der Waals surface area (Å²) in [4.78, 5) is 51.9. The Balaban J connectivity index is 1.46. The summed E-state index contributed by atoms with van der Waals surface area (Å²) in [6.07, 6.45) is 1.56. The number of hydrogen-bond acceptors (Lipinski definition) is 9. The molecule has 0 spiro atoms. The fourth-order valence-electron chi connectivity index (χ4n) is 5.57. The van der Waals surface area contributed by atoms with Gasteiger partial charge in [-0.15, -0.1) is 0 Å². The van der Waals surface area contributed by atoms with E-state index in [-0.39, 0.29) is 52.0 Å². The van der Waals surface area contributed by atoms with Gasteiger partial charge in [0.1, 0.15) is 39.7 Å². The molecule has 1 aliphatic carbocycles. The van der Waals surface area contributed by atoms with E-state index in [1.165, 1.54) is 26.8 Å². The van der Waals surface area contributed by atoms with Crippen LogP contribution in [0, 0.1) is 6.92 Å². The molecular formula is C29H28N2O8. The number of carbonyl (C=O) groups excluding carboxylic acids is 4. The first-order chi connectivity index (χ1) is 18.4. The van der Waals surface area contributed by atoms with E-state index in [1.54, 1.807) is 26.2 Å². The maximum Gasteiger partial charge on any atom is 0.232 e. The number of fused-ring (bicyclic) bond motifs is 4. The van der Waals surface area contributed by atoms with Crippen molar-refractivity contribution < 1.29 is 38.9 Å². The molecule has 4 N–H and O–H groups in total. The highest BCUT2D eigenvalue weighted by atomic mass is 16.5. The van der Waals surface area contributed by atoms with E-state index >= 15 is 0 Å². The van der Waals surface area contributed by atoms with Crippen LogP contribution in [0.25, 0.3) is 0 Å². The van der Waals surface area contributed by atoms with Crippen LogP contribution in [0.15, 0.2) is 41.3 Å². The number of phenolic OH excluding ortho intramolecular Hbond substituents is 2. The Kier molecular flexibility index (Phi) is 6.01. The fourth-order valence-corrected chi connectivity index (χ4v) is 5.57. The van der Waals surface area contributed by atoms with E-state index in [2.05, 4.69) is 10.6 Å². The molecule has 10 nitrogen and oxygen atoms in total. The minimum absolute atomic E-state index is 0.0277. The van der Waals surface area contributed by atoms with Gasteiger partial charge >= 0.3 is 0 Å². The molecule has 2 heterocycles. The van der Waals surface area contributed by atoms with Crippen LogP contribution in [-0.4, -0.2) is 47.1 Å². The van der Waals surface area contributed by atoms with Crippen molar-refractivity contribution in [3.63, 3.8) is 0 Å². The molecule has 3 aliphatic rings. The molecule has 0 saturated carbocycles. The first-order valence-electron chi connectivity index (χ1n) is 12.4. The Labute approximate surface area is 224 Å². The summed E-state index contributed by atoms with van der Waals surface area (Å²) in [7, 11) is 1.55. The number of rotatable bonds is 6. The van der Waals surface area contributed by atoms with Gasteiger partial charge in [0.2, 0.25) is 5.91 Å². The summed E-state index contributed by atoms with van der Waals surface area (Å²) in [6.45, 7) is 6.06. The van der Waals surface area contributed by atoms with Crippen molar-refractivity contribution >= 4 is 28.9 Å². The summed E-state index contributed by atoms with van der Waals surface area (Å²) in [5, 5.41) is 27.4. The van der Waals surface area contributed by atoms with Crippen LogP contribution in [0.2, 0.25) is 0 Å². The Morgan fingerprint density at radius 3 is 2.56 bits per heavy atom. The second-order valence-corrected chi connectivity index (χ2v) is 10.1. The number of phenols is 2. The number of aromatic hydroxyl groups is 2. The Morgan fingerprint density at radius 2 is 1.90 bits per heavy atom. The van der Waals surface area contributed by atoms with Crippen LogP contribution in [0.4, 0.5) is 5.69 Å². The van der Waals surface area contributed by atoms with Gasteiger partial charge in [0.15, 0.2) is 17.3 Å². The van der Waals surface area contributed by atoms with E-state index in [4.69, 9.17) is 9.47 Å². The topological polar surface area (TPSA) is 151 Å². The number of nitrogens with one attached hydrogen (secondary N) is 2. The van der Waals surface area contributed by atoms with Crippen molar-refractivity contribution in [3.05, 3.63) is 63.6 Å². The maximum atomic E-state index is 13.9. The lowest BCUT2D eigenvalue weighted by Gasteiger charge is -2.29. The lowest BCUT2D eigenvalue weighted by atomic mass is 9.70. The van der Waals surface area contributed by atoms with Crippen molar-refractivity contribution in [2.24, 2.45) is 0 Å². The fraction of sp³-hybridized carbons (Fsp3) is 0.310. The molecule has 10 heteroatoms. The minimum Gasteiger partial charge on any atom is -0.507 e. The third kappa shape index (κ3) is 3.70. The van der Waals surface area contributed by atoms with Gasteiger partial charge in [-0.25, -0.2) is 0 Å².